The summed E-state index contributed by atoms with van der Waals surface area (Å²) in [5, 5.41) is 0. The summed E-state index contributed by atoms with van der Waals surface area (Å²) in [6.07, 6.45) is 6.43. The Hall–Kier alpha value is -1.39. The molecule has 130 valence electrons. The Balaban J connectivity index is 1.30. The maximum Gasteiger partial charge on any atom is 0.253 e. The van der Waals surface area contributed by atoms with Gasteiger partial charge in [-0.3, -0.25) is 4.79 Å². The van der Waals surface area contributed by atoms with E-state index >= 15 is 0 Å². The van der Waals surface area contributed by atoms with Gasteiger partial charge in [-0.2, -0.15) is 0 Å². The highest BCUT2D eigenvalue weighted by molar-refractivity contribution is 5.94. The molecule has 0 aliphatic carbocycles. The summed E-state index contributed by atoms with van der Waals surface area (Å²) in [5.74, 6) is 0.179. The van der Waals surface area contributed by atoms with Gasteiger partial charge in [0.1, 0.15) is 0 Å². The Bertz CT molecular complexity index is 560. The molecule has 1 aromatic rings. The molecule has 1 aromatic carbocycles. The van der Waals surface area contributed by atoms with Crippen LogP contribution in [0.3, 0.4) is 0 Å². The van der Waals surface area contributed by atoms with Crippen molar-refractivity contribution in [3.05, 3.63) is 35.9 Å². The number of benzene rings is 1. The number of hydrogen-bond donors (Lipinski definition) is 0. The quantitative estimate of drug-likeness (QED) is 0.855. The second-order valence-electron chi connectivity index (χ2n) is 7.80. The average Bonchev–Trinajstić information content (AvgIpc) is 3.27. The van der Waals surface area contributed by atoms with Crippen LogP contribution in [0.25, 0.3) is 0 Å². The van der Waals surface area contributed by atoms with Crippen LogP contribution in [0.5, 0.6) is 0 Å². The predicted molar refractivity (Wildman–Crippen MR) is 94.0 cm³/mol. The van der Waals surface area contributed by atoms with E-state index in [4.69, 9.17) is 4.74 Å². The number of rotatable bonds is 3. The predicted octanol–water partition coefficient (Wildman–Crippen LogP) is 2.79. The molecule has 0 radical (unpaired) electrons. The van der Waals surface area contributed by atoms with Gasteiger partial charge < -0.3 is 14.5 Å². The Morgan fingerprint density at radius 2 is 1.79 bits per heavy atom. The summed E-state index contributed by atoms with van der Waals surface area (Å²) in [6, 6.07) is 9.66. The first kappa shape index (κ1) is 16.1. The zero-order valence-electron chi connectivity index (χ0n) is 14.5. The van der Waals surface area contributed by atoms with Gasteiger partial charge in [0.2, 0.25) is 0 Å². The van der Waals surface area contributed by atoms with Crippen molar-refractivity contribution in [2.45, 2.75) is 38.2 Å². The summed E-state index contributed by atoms with van der Waals surface area (Å²) >= 11 is 0. The maximum atomic E-state index is 12.6. The topological polar surface area (TPSA) is 32.8 Å². The molecule has 4 rings (SSSR count). The van der Waals surface area contributed by atoms with Crippen LogP contribution in [0.1, 0.15) is 42.5 Å². The van der Waals surface area contributed by atoms with E-state index in [0.717, 1.165) is 44.6 Å². The van der Waals surface area contributed by atoms with Crippen molar-refractivity contribution in [3.8, 4) is 0 Å². The van der Waals surface area contributed by atoms with Gasteiger partial charge in [-0.25, -0.2) is 0 Å². The van der Waals surface area contributed by atoms with Crippen molar-refractivity contribution in [2.24, 2.45) is 5.41 Å². The Morgan fingerprint density at radius 3 is 2.50 bits per heavy atom. The molecule has 1 atom stereocenters. The van der Waals surface area contributed by atoms with Crippen molar-refractivity contribution < 1.29 is 9.53 Å². The first-order valence-corrected chi connectivity index (χ1v) is 9.42. The lowest BCUT2D eigenvalue weighted by atomic mass is 9.76. The second kappa shape index (κ2) is 6.85. The standard InChI is InChI=1S/C20H28N2O2/c23-19(17-6-2-1-3-7-17)22-12-8-20(9-13-22)14-18(24-16-20)15-21-10-4-5-11-21/h1-3,6-7,18H,4-5,8-16H2. The Kier molecular flexibility index (Phi) is 4.59. The molecule has 0 N–H and O–H groups in total. The van der Waals surface area contributed by atoms with E-state index in [-0.39, 0.29) is 5.91 Å². The number of ether oxygens (including phenoxy) is 1. The van der Waals surface area contributed by atoms with Gasteiger partial charge in [-0.15, -0.1) is 0 Å². The van der Waals surface area contributed by atoms with Gasteiger partial charge >= 0.3 is 0 Å². The first-order chi connectivity index (χ1) is 11.7. The molecule has 3 aliphatic heterocycles. The monoisotopic (exact) mass is 328 g/mol. The lowest BCUT2D eigenvalue weighted by Crippen LogP contribution is -2.43. The van der Waals surface area contributed by atoms with Crippen LogP contribution in [0.2, 0.25) is 0 Å². The smallest absolute Gasteiger partial charge is 0.253 e. The fourth-order valence-electron chi connectivity index (χ4n) is 4.56. The van der Waals surface area contributed by atoms with Crippen molar-refractivity contribution in [1.29, 1.82) is 0 Å². The van der Waals surface area contributed by atoms with Crippen LogP contribution in [0.15, 0.2) is 30.3 Å². The molecule has 0 saturated carbocycles. The fraction of sp³-hybridized carbons (Fsp3) is 0.650. The minimum Gasteiger partial charge on any atom is -0.376 e. The highest BCUT2D eigenvalue weighted by Crippen LogP contribution is 2.42. The molecule has 4 heteroatoms. The lowest BCUT2D eigenvalue weighted by molar-refractivity contribution is 0.0460. The molecule has 24 heavy (non-hydrogen) atoms. The molecule has 3 saturated heterocycles. The Labute approximate surface area is 144 Å². The molecule has 3 heterocycles. The molecule has 0 aromatic heterocycles. The number of carbonyl (C=O) groups is 1. The third-order valence-electron chi connectivity index (χ3n) is 6.08. The van der Waals surface area contributed by atoms with Gasteiger partial charge in [0.05, 0.1) is 12.7 Å². The zero-order chi connectivity index (χ0) is 16.4. The van der Waals surface area contributed by atoms with Gasteiger partial charge in [0.25, 0.3) is 5.91 Å². The third kappa shape index (κ3) is 3.35. The molecule has 0 bridgehead atoms. The average molecular weight is 328 g/mol. The largest absolute Gasteiger partial charge is 0.376 e. The van der Waals surface area contributed by atoms with Crippen LogP contribution in [-0.2, 0) is 4.74 Å². The molecule has 3 aliphatic rings. The van der Waals surface area contributed by atoms with Crippen molar-refractivity contribution in [1.82, 2.24) is 9.80 Å². The van der Waals surface area contributed by atoms with E-state index in [0.29, 0.717) is 11.5 Å². The summed E-state index contributed by atoms with van der Waals surface area (Å²) in [7, 11) is 0. The van der Waals surface area contributed by atoms with Crippen LogP contribution in [-0.4, -0.2) is 61.1 Å². The summed E-state index contributed by atoms with van der Waals surface area (Å²) in [4.78, 5) is 17.2. The van der Waals surface area contributed by atoms with Crippen molar-refractivity contribution in [3.63, 3.8) is 0 Å². The molecule has 3 fully saturated rings. The maximum absolute atomic E-state index is 12.6. The van der Waals surface area contributed by atoms with Crippen molar-refractivity contribution >= 4 is 5.91 Å². The van der Waals surface area contributed by atoms with Gasteiger partial charge in [-0.1, -0.05) is 18.2 Å². The second-order valence-corrected chi connectivity index (χ2v) is 7.80. The Morgan fingerprint density at radius 1 is 1.08 bits per heavy atom. The number of hydrogen-bond acceptors (Lipinski definition) is 3. The molecule has 4 nitrogen and oxygen atoms in total. The molecule has 1 unspecified atom stereocenters. The van der Waals surface area contributed by atoms with E-state index in [1.165, 1.54) is 32.4 Å². The molecular formula is C20H28N2O2. The number of nitrogens with zero attached hydrogens (tertiary/aromatic N) is 2. The van der Waals surface area contributed by atoms with E-state index < -0.39 is 0 Å². The van der Waals surface area contributed by atoms with E-state index in [9.17, 15) is 4.79 Å². The van der Waals surface area contributed by atoms with Gasteiger partial charge in [0, 0.05) is 25.2 Å². The highest BCUT2D eigenvalue weighted by atomic mass is 16.5. The zero-order valence-corrected chi connectivity index (χ0v) is 14.5. The molecule has 1 spiro atoms. The number of carbonyl (C=O) groups excluding carboxylic acids is 1. The first-order valence-electron chi connectivity index (χ1n) is 9.42. The minimum atomic E-state index is 0.179. The van der Waals surface area contributed by atoms with Gasteiger partial charge in [0.15, 0.2) is 0 Å². The highest BCUT2D eigenvalue weighted by Gasteiger charge is 2.43. The SMILES string of the molecule is O=C(c1ccccc1)N1CCC2(CC1)COC(CN1CCCC1)C2. The summed E-state index contributed by atoms with van der Waals surface area (Å²) in [6.45, 7) is 6.22. The number of likely N-dealkylation sites (tertiary alicyclic amines) is 2. The van der Waals surface area contributed by atoms with Crippen LogP contribution < -0.4 is 0 Å². The number of piperidine rings is 1. The number of amides is 1. The van der Waals surface area contributed by atoms with Gasteiger partial charge in [-0.05, 0) is 62.7 Å². The van der Waals surface area contributed by atoms with Crippen LogP contribution in [0.4, 0.5) is 0 Å². The van der Waals surface area contributed by atoms with Crippen molar-refractivity contribution in [2.75, 3.05) is 39.3 Å². The normalized spacial score (nSPS) is 27.0. The lowest BCUT2D eigenvalue weighted by Gasteiger charge is -2.38. The minimum absolute atomic E-state index is 0.179. The van der Waals surface area contributed by atoms with E-state index in [1.54, 1.807) is 0 Å². The molecule has 1 amide bonds. The summed E-state index contributed by atoms with van der Waals surface area (Å²) in [5.41, 5.74) is 1.13. The van der Waals surface area contributed by atoms with E-state index in [1.807, 2.05) is 35.2 Å². The fourth-order valence-corrected chi connectivity index (χ4v) is 4.56. The van der Waals surface area contributed by atoms with Crippen LogP contribution >= 0.6 is 0 Å². The van der Waals surface area contributed by atoms with E-state index in [2.05, 4.69) is 4.90 Å². The summed E-state index contributed by atoms with van der Waals surface area (Å²) < 4.78 is 6.14. The third-order valence-corrected chi connectivity index (χ3v) is 6.08. The molecular weight excluding hydrogens is 300 g/mol. The van der Waals surface area contributed by atoms with Crippen LogP contribution in [0, 0.1) is 5.41 Å².